The second kappa shape index (κ2) is 5.82. The van der Waals surface area contributed by atoms with E-state index in [1.165, 1.54) is 34.8 Å². The first kappa shape index (κ1) is 16.1. The van der Waals surface area contributed by atoms with Crippen LogP contribution in [0.4, 0.5) is 4.39 Å². The van der Waals surface area contributed by atoms with E-state index in [4.69, 9.17) is 0 Å². The van der Waals surface area contributed by atoms with E-state index < -0.39 is 15.8 Å². The van der Waals surface area contributed by atoms with Crippen LogP contribution < -0.4 is 0 Å². The quantitative estimate of drug-likeness (QED) is 0.867. The minimum absolute atomic E-state index is 0.175. The minimum atomic E-state index is -3.66. The van der Waals surface area contributed by atoms with E-state index in [9.17, 15) is 12.8 Å². The molecule has 0 N–H and O–H groups in total. The lowest BCUT2D eigenvalue weighted by molar-refractivity contribution is 0.467. The van der Waals surface area contributed by atoms with Crippen molar-refractivity contribution < 1.29 is 12.8 Å². The number of halogens is 1. The van der Waals surface area contributed by atoms with Gasteiger partial charge in [-0.05, 0) is 44.0 Å². The number of benzene rings is 1. The number of hydrogen-bond acceptors (Lipinski definition) is 4. The van der Waals surface area contributed by atoms with Crippen molar-refractivity contribution in [1.29, 1.82) is 0 Å². The fourth-order valence-electron chi connectivity index (χ4n) is 2.23. The largest absolute Gasteiger partial charge is 0.250 e. The van der Waals surface area contributed by atoms with Gasteiger partial charge in [0.25, 0.3) is 0 Å². The third-order valence-electron chi connectivity index (χ3n) is 3.30. The predicted molar refractivity (Wildman–Crippen MR) is 81.4 cm³/mol. The third-order valence-corrected chi connectivity index (χ3v) is 6.33. The first-order chi connectivity index (χ1) is 9.73. The molecule has 1 aromatic carbocycles. The van der Waals surface area contributed by atoms with Crippen molar-refractivity contribution >= 4 is 21.4 Å². The lowest BCUT2D eigenvalue weighted by atomic mass is 10.1. The molecule has 0 radical (unpaired) electrons. The third kappa shape index (κ3) is 3.14. The Morgan fingerprint density at radius 2 is 1.81 bits per heavy atom. The summed E-state index contributed by atoms with van der Waals surface area (Å²) in [5.74, 6) is -0.426. The second-order valence-corrected chi connectivity index (χ2v) is 7.91. The molecule has 0 amide bonds. The van der Waals surface area contributed by atoms with Crippen molar-refractivity contribution in [2.75, 3.05) is 7.05 Å². The van der Waals surface area contributed by atoms with Gasteiger partial charge in [0.05, 0.1) is 16.1 Å². The number of rotatable bonds is 4. The van der Waals surface area contributed by atoms with Crippen LogP contribution in [-0.2, 0) is 16.6 Å². The molecule has 0 fully saturated rings. The average molecular weight is 328 g/mol. The van der Waals surface area contributed by atoms with Gasteiger partial charge in [-0.2, -0.15) is 4.31 Å². The van der Waals surface area contributed by atoms with Crippen LogP contribution >= 0.6 is 11.3 Å². The lowest BCUT2D eigenvalue weighted by Crippen LogP contribution is -2.27. The van der Waals surface area contributed by atoms with E-state index in [1.807, 2.05) is 6.92 Å². The van der Waals surface area contributed by atoms with Crippen LogP contribution in [0.15, 0.2) is 22.5 Å². The van der Waals surface area contributed by atoms with E-state index in [1.54, 1.807) is 19.4 Å². The molecule has 4 nitrogen and oxygen atoms in total. The van der Waals surface area contributed by atoms with Gasteiger partial charge in [0, 0.05) is 18.5 Å². The molecule has 2 aromatic rings. The number of aromatic nitrogens is 1. The Labute approximate surface area is 128 Å². The maximum absolute atomic E-state index is 13.3. The Morgan fingerprint density at radius 3 is 2.29 bits per heavy atom. The zero-order chi connectivity index (χ0) is 15.8. The van der Waals surface area contributed by atoms with E-state index in [2.05, 4.69) is 4.98 Å². The van der Waals surface area contributed by atoms with Crippen molar-refractivity contribution in [3.63, 3.8) is 0 Å². The van der Waals surface area contributed by atoms with Crippen LogP contribution in [0.5, 0.6) is 0 Å². The number of thiazole rings is 1. The van der Waals surface area contributed by atoms with Crippen LogP contribution in [0.1, 0.15) is 21.7 Å². The molecule has 114 valence electrons. The van der Waals surface area contributed by atoms with E-state index in [-0.39, 0.29) is 11.4 Å². The molecular weight excluding hydrogens is 311 g/mol. The van der Waals surface area contributed by atoms with Crippen LogP contribution in [0.3, 0.4) is 0 Å². The maximum Gasteiger partial charge on any atom is 0.243 e. The number of nitrogens with zero attached hydrogens (tertiary/aromatic N) is 2. The molecular formula is C14H17FN2O2S2. The first-order valence-electron chi connectivity index (χ1n) is 6.35. The van der Waals surface area contributed by atoms with Crippen LogP contribution in [0.25, 0.3) is 0 Å². The highest BCUT2D eigenvalue weighted by Crippen LogP contribution is 2.26. The summed E-state index contributed by atoms with van der Waals surface area (Å²) in [6, 6.07) is 2.48. The van der Waals surface area contributed by atoms with Gasteiger partial charge in [-0.3, -0.25) is 0 Å². The molecule has 0 bridgehead atoms. The predicted octanol–water partition coefficient (Wildman–Crippen LogP) is 3.03. The highest BCUT2D eigenvalue weighted by molar-refractivity contribution is 7.89. The fraction of sp³-hybridized carbons (Fsp3) is 0.357. The van der Waals surface area contributed by atoms with Crippen LogP contribution in [-0.4, -0.2) is 24.8 Å². The van der Waals surface area contributed by atoms with E-state index in [0.29, 0.717) is 11.1 Å². The van der Waals surface area contributed by atoms with Crippen molar-refractivity contribution in [3.05, 3.63) is 45.2 Å². The van der Waals surface area contributed by atoms with Gasteiger partial charge in [-0.25, -0.2) is 17.8 Å². The Hall–Kier alpha value is -1.31. The molecule has 2 rings (SSSR count). The summed E-state index contributed by atoms with van der Waals surface area (Å²) in [6.07, 6.45) is 0. The number of aryl methyl sites for hydroxylation is 3. The molecule has 1 heterocycles. The van der Waals surface area contributed by atoms with Gasteiger partial charge in [0.2, 0.25) is 10.0 Å². The molecule has 0 aliphatic heterocycles. The summed E-state index contributed by atoms with van der Waals surface area (Å²) in [5.41, 5.74) is 3.36. The zero-order valence-electron chi connectivity index (χ0n) is 12.3. The second-order valence-electron chi connectivity index (χ2n) is 4.99. The van der Waals surface area contributed by atoms with Gasteiger partial charge < -0.3 is 0 Å². The summed E-state index contributed by atoms with van der Waals surface area (Å²) in [5, 5.41) is 0. The van der Waals surface area contributed by atoms with Gasteiger partial charge in [0.15, 0.2) is 0 Å². The average Bonchev–Trinajstić information content (AvgIpc) is 2.73. The van der Waals surface area contributed by atoms with Crippen molar-refractivity contribution in [2.45, 2.75) is 32.2 Å². The van der Waals surface area contributed by atoms with E-state index in [0.717, 1.165) is 10.6 Å². The molecule has 1 aromatic heterocycles. The van der Waals surface area contributed by atoms with Crippen molar-refractivity contribution in [3.8, 4) is 0 Å². The fourth-order valence-corrected chi connectivity index (χ4v) is 4.68. The minimum Gasteiger partial charge on any atom is -0.250 e. The Bertz CT molecular complexity index is 746. The van der Waals surface area contributed by atoms with Gasteiger partial charge in [-0.1, -0.05) is 0 Å². The maximum atomic E-state index is 13.3. The van der Waals surface area contributed by atoms with Gasteiger partial charge in [-0.15, -0.1) is 11.3 Å². The summed E-state index contributed by atoms with van der Waals surface area (Å²) >= 11 is 1.42. The van der Waals surface area contributed by atoms with Crippen molar-refractivity contribution in [2.24, 2.45) is 0 Å². The van der Waals surface area contributed by atoms with Crippen LogP contribution in [0, 0.1) is 26.6 Å². The Morgan fingerprint density at radius 1 is 1.24 bits per heavy atom. The molecule has 0 aliphatic carbocycles. The summed E-state index contributed by atoms with van der Waals surface area (Å²) in [4.78, 5) is 5.19. The first-order valence-corrected chi connectivity index (χ1v) is 8.67. The molecule has 0 saturated heterocycles. The smallest absolute Gasteiger partial charge is 0.243 e. The zero-order valence-corrected chi connectivity index (χ0v) is 14.0. The van der Waals surface area contributed by atoms with Gasteiger partial charge >= 0.3 is 0 Å². The van der Waals surface area contributed by atoms with Crippen LogP contribution in [0.2, 0.25) is 0 Å². The lowest BCUT2D eigenvalue weighted by Gasteiger charge is -2.19. The highest BCUT2D eigenvalue weighted by atomic mass is 32.2. The standard InChI is InChI=1S/C14H17FN2O2S2/c1-9-5-12(15)6-10(2)14(9)21(18,19)17(4)7-13-11(3)16-8-20-13/h5-6,8H,7H2,1-4H3. The SMILES string of the molecule is Cc1cc(F)cc(C)c1S(=O)(=O)N(C)Cc1scnc1C. The highest BCUT2D eigenvalue weighted by Gasteiger charge is 2.26. The molecule has 0 atom stereocenters. The number of sulfonamides is 1. The molecule has 7 heteroatoms. The van der Waals surface area contributed by atoms with Gasteiger partial charge in [0.1, 0.15) is 5.82 Å². The topological polar surface area (TPSA) is 50.3 Å². The molecule has 0 aliphatic rings. The summed E-state index contributed by atoms with van der Waals surface area (Å²) in [7, 11) is -2.14. The molecule has 0 saturated carbocycles. The Kier molecular flexibility index (Phi) is 4.46. The molecule has 21 heavy (non-hydrogen) atoms. The monoisotopic (exact) mass is 328 g/mol. The molecule has 0 spiro atoms. The Balaban J connectivity index is 2.40. The number of hydrogen-bond donors (Lipinski definition) is 0. The molecule has 0 unspecified atom stereocenters. The van der Waals surface area contributed by atoms with Crippen molar-refractivity contribution in [1.82, 2.24) is 9.29 Å². The summed E-state index contributed by atoms with van der Waals surface area (Å²) in [6.45, 7) is 5.32. The van der Waals surface area contributed by atoms with E-state index >= 15 is 0 Å². The normalized spacial score (nSPS) is 12.1. The summed E-state index contributed by atoms with van der Waals surface area (Å²) < 4.78 is 40.0.